The van der Waals surface area contributed by atoms with Crippen molar-refractivity contribution < 1.29 is 9.72 Å². The lowest BCUT2D eigenvalue weighted by molar-refractivity contribution is -0.385. The molecule has 2 heterocycles. The molecule has 0 saturated heterocycles. The number of hydrogen-bond acceptors (Lipinski definition) is 5. The lowest BCUT2D eigenvalue weighted by Gasteiger charge is -2.06. The number of nitro groups is 1. The van der Waals surface area contributed by atoms with Crippen LogP contribution in [0.4, 0.5) is 5.69 Å². The summed E-state index contributed by atoms with van der Waals surface area (Å²) < 4.78 is 1.70. The molecule has 0 unspecified atom stereocenters. The molecule has 0 saturated carbocycles. The zero-order valence-corrected chi connectivity index (χ0v) is 14.3. The van der Waals surface area contributed by atoms with Gasteiger partial charge in [-0.3, -0.25) is 24.6 Å². The molecule has 0 atom stereocenters. The Morgan fingerprint density at radius 1 is 1.27 bits per heavy atom. The number of pyridine rings is 1. The van der Waals surface area contributed by atoms with E-state index >= 15 is 0 Å². The zero-order chi connectivity index (χ0) is 18.7. The van der Waals surface area contributed by atoms with Crippen LogP contribution in [0.5, 0.6) is 0 Å². The van der Waals surface area contributed by atoms with Crippen LogP contribution in [0.25, 0.3) is 11.4 Å². The van der Waals surface area contributed by atoms with Crippen molar-refractivity contribution in [2.24, 2.45) is 7.05 Å². The fourth-order valence-electron chi connectivity index (χ4n) is 2.70. The molecule has 0 aliphatic heterocycles. The molecule has 132 valence electrons. The van der Waals surface area contributed by atoms with E-state index in [9.17, 15) is 14.9 Å². The summed E-state index contributed by atoms with van der Waals surface area (Å²) in [5.41, 5.74) is 2.83. The van der Waals surface area contributed by atoms with Crippen molar-refractivity contribution >= 4 is 11.6 Å². The summed E-state index contributed by atoms with van der Waals surface area (Å²) in [7, 11) is 1.81. The number of nitrogens with one attached hydrogen (secondary N) is 1. The van der Waals surface area contributed by atoms with Crippen molar-refractivity contribution in [3.63, 3.8) is 0 Å². The van der Waals surface area contributed by atoms with Crippen LogP contribution in [-0.2, 0) is 13.6 Å². The third kappa shape index (κ3) is 3.44. The van der Waals surface area contributed by atoms with Crippen LogP contribution in [0.3, 0.4) is 0 Å². The Balaban J connectivity index is 1.75. The minimum atomic E-state index is -0.496. The van der Waals surface area contributed by atoms with E-state index in [0.717, 1.165) is 11.4 Å². The summed E-state index contributed by atoms with van der Waals surface area (Å²) in [4.78, 5) is 27.2. The summed E-state index contributed by atoms with van der Waals surface area (Å²) in [6.45, 7) is 1.77. The van der Waals surface area contributed by atoms with E-state index in [4.69, 9.17) is 0 Å². The van der Waals surface area contributed by atoms with Crippen LogP contribution in [0.2, 0.25) is 0 Å². The van der Waals surface area contributed by atoms with Gasteiger partial charge in [-0.05, 0) is 31.2 Å². The van der Waals surface area contributed by atoms with Crippen molar-refractivity contribution in [3.8, 4) is 11.4 Å². The minimum Gasteiger partial charge on any atom is -0.346 e. The highest BCUT2D eigenvalue weighted by atomic mass is 16.6. The molecule has 0 aliphatic carbocycles. The van der Waals surface area contributed by atoms with E-state index in [2.05, 4.69) is 15.4 Å². The average molecular weight is 351 g/mol. The number of nitrogens with zero attached hydrogens (tertiary/aromatic N) is 4. The molecule has 0 fully saturated rings. The maximum Gasteiger partial charge on any atom is 0.273 e. The van der Waals surface area contributed by atoms with Crippen LogP contribution in [0.15, 0.2) is 48.7 Å². The number of amides is 1. The number of aryl methyl sites for hydroxylation is 1. The second-order valence-corrected chi connectivity index (χ2v) is 5.75. The van der Waals surface area contributed by atoms with Gasteiger partial charge in [-0.25, -0.2) is 0 Å². The maximum absolute atomic E-state index is 12.4. The molecule has 1 amide bonds. The number of hydrogen-bond donors (Lipinski definition) is 1. The molecule has 0 radical (unpaired) electrons. The Hall–Kier alpha value is -3.55. The Labute approximate surface area is 149 Å². The quantitative estimate of drug-likeness (QED) is 0.562. The Morgan fingerprint density at radius 3 is 2.77 bits per heavy atom. The first-order valence-corrected chi connectivity index (χ1v) is 7.94. The molecule has 0 aliphatic rings. The number of benzene rings is 1. The normalized spacial score (nSPS) is 10.5. The molecular formula is C18H17N5O3. The molecule has 3 aromatic rings. The summed E-state index contributed by atoms with van der Waals surface area (Å²) in [5, 5.41) is 18.1. The van der Waals surface area contributed by atoms with Gasteiger partial charge in [-0.2, -0.15) is 5.10 Å². The van der Waals surface area contributed by atoms with Crippen molar-refractivity contribution in [2.75, 3.05) is 0 Å². The summed E-state index contributed by atoms with van der Waals surface area (Å²) in [6, 6.07) is 11.9. The Morgan fingerprint density at radius 2 is 2.08 bits per heavy atom. The van der Waals surface area contributed by atoms with E-state index in [-0.39, 0.29) is 23.7 Å². The predicted octanol–water partition coefficient (Wildman–Crippen LogP) is 2.63. The van der Waals surface area contributed by atoms with Gasteiger partial charge in [0, 0.05) is 30.4 Å². The Bertz CT molecular complexity index is 966. The van der Waals surface area contributed by atoms with Gasteiger partial charge in [-0.1, -0.05) is 12.1 Å². The van der Waals surface area contributed by atoms with Gasteiger partial charge in [0.2, 0.25) is 0 Å². The standard InChI is InChI=1S/C18H17N5O3/c1-12-14(6-5-8-16(12)23(25)26)18(24)20-11-13-10-17(22(2)21-13)15-7-3-4-9-19-15/h3-10H,11H2,1-2H3,(H,20,24). The van der Waals surface area contributed by atoms with E-state index in [0.29, 0.717) is 11.3 Å². The van der Waals surface area contributed by atoms with Gasteiger partial charge in [0.25, 0.3) is 11.6 Å². The van der Waals surface area contributed by atoms with Gasteiger partial charge in [0.05, 0.1) is 28.5 Å². The van der Waals surface area contributed by atoms with E-state index in [1.807, 2.05) is 24.3 Å². The second-order valence-electron chi connectivity index (χ2n) is 5.75. The van der Waals surface area contributed by atoms with Crippen molar-refractivity contribution in [2.45, 2.75) is 13.5 Å². The first-order valence-electron chi connectivity index (χ1n) is 7.94. The molecule has 26 heavy (non-hydrogen) atoms. The number of carbonyl (C=O) groups excluding carboxylic acids is 1. The fourth-order valence-corrected chi connectivity index (χ4v) is 2.70. The van der Waals surface area contributed by atoms with Crippen molar-refractivity contribution in [1.82, 2.24) is 20.1 Å². The number of rotatable bonds is 5. The molecular weight excluding hydrogens is 334 g/mol. The molecule has 8 heteroatoms. The number of nitro benzene ring substituents is 1. The summed E-state index contributed by atoms with van der Waals surface area (Å²) in [5.74, 6) is -0.378. The SMILES string of the molecule is Cc1c(C(=O)NCc2cc(-c3ccccn3)n(C)n2)cccc1[N+](=O)[O-]. The lowest BCUT2D eigenvalue weighted by atomic mass is 10.1. The highest BCUT2D eigenvalue weighted by Crippen LogP contribution is 2.21. The van der Waals surface area contributed by atoms with Gasteiger partial charge in [0.15, 0.2) is 0 Å². The van der Waals surface area contributed by atoms with Crippen LogP contribution >= 0.6 is 0 Å². The molecule has 0 bridgehead atoms. The first-order chi connectivity index (χ1) is 12.5. The summed E-state index contributed by atoms with van der Waals surface area (Å²) >= 11 is 0. The maximum atomic E-state index is 12.4. The largest absolute Gasteiger partial charge is 0.346 e. The highest BCUT2D eigenvalue weighted by Gasteiger charge is 2.18. The average Bonchev–Trinajstić information content (AvgIpc) is 3.01. The van der Waals surface area contributed by atoms with Crippen molar-refractivity contribution in [1.29, 1.82) is 0 Å². The number of carbonyl (C=O) groups is 1. The lowest BCUT2D eigenvalue weighted by Crippen LogP contribution is -2.24. The Kier molecular flexibility index (Phi) is 4.74. The van der Waals surface area contributed by atoms with Gasteiger partial charge in [-0.15, -0.1) is 0 Å². The third-order valence-electron chi connectivity index (χ3n) is 4.03. The van der Waals surface area contributed by atoms with E-state index in [1.165, 1.54) is 12.1 Å². The molecule has 2 aromatic heterocycles. The monoisotopic (exact) mass is 351 g/mol. The van der Waals surface area contributed by atoms with E-state index < -0.39 is 4.92 Å². The van der Waals surface area contributed by atoms with E-state index in [1.54, 1.807) is 30.9 Å². The summed E-state index contributed by atoms with van der Waals surface area (Å²) in [6.07, 6.45) is 1.70. The zero-order valence-electron chi connectivity index (χ0n) is 14.3. The first kappa shape index (κ1) is 17.3. The van der Waals surface area contributed by atoms with Gasteiger partial charge in [0.1, 0.15) is 0 Å². The topological polar surface area (TPSA) is 103 Å². The predicted molar refractivity (Wildman–Crippen MR) is 95.4 cm³/mol. The van der Waals surface area contributed by atoms with Crippen LogP contribution in [0, 0.1) is 17.0 Å². The minimum absolute atomic E-state index is 0.0760. The smallest absolute Gasteiger partial charge is 0.273 e. The van der Waals surface area contributed by atoms with Gasteiger partial charge < -0.3 is 5.32 Å². The third-order valence-corrected chi connectivity index (χ3v) is 4.03. The second kappa shape index (κ2) is 7.14. The fraction of sp³-hybridized carbons (Fsp3) is 0.167. The molecule has 0 spiro atoms. The highest BCUT2D eigenvalue weighted by molar-refractivity contribution is 5.96. The number of aromatic nitrogens is 3. The molecule has 1 N–H and O–H groups in total. The molecule has 3 rings (SSSR count). The van der Waals surface area contributed by atoms with Crippen LogP contribution in [-0.4, -0.2) is 25.6 Å². The van der Waals surface area contributed by atoms with Gasteiger partial charge >= 0.3 is 0 Å². The van der Waals surface area contributed by atoms with Crippen LogP contribution in [0.1, 0.15) is 21.6 Å². The van der Waals surface area contributed by atoms with Crippen molar-refractivity contribution in [3.05, 3.63) is 75.6 Å². The molecule has 8 nitrogen and oxygen atoms in total. The van der Waals surface area contributed by atoms with Crippen LogP contribution < -0.4 is 5.32 Å². The molecule has 1 aromatic carbocycles.